The maximum atomic E-state index is 14.1. The highest BCUT2D eigenvalue weighted by Gasteiger charge is 2.13. The zero-order chi connectivity index (χ0) is 13.7. The molecule has 0 unspecified atom stereocenters. The lowest BCUT2D eigenvalue weighted by molar-refractivity contribution is 0.250. The number of nitrogens with zero attached hydrogens (tertiary/aromatic N) is 2. The number of nitrogens with two attached hydrogens (primary N) is 1. The van der Waals surface area contributed by atoms with Crippen molar-refractivity contribution in [2.24, 2.45) is 5.73 Å². The monoisotopic (exact) mass is 265 g/mol. The third-order valence-corrected chi connectivity index (χ3v) is 3.82. The van der Waals surface area contributed by atoms with Crippen molar-refractivity contribution in [1.82, 2.24) is 9.80 Å². The summed E-state index contributed by atoms with van der Waals surface area (Å²) in [5, 5.41) is 0. The second kappa shape index (κ2) is 6.98. The van der Waals surface area contributed by atoms with Crippen LogP contribution < -0.4 is 5.73 Å². The maximum Gasteiger partial charge on any atom is 0.132 e. The quantitative estimate of drug-likeness (QED) is 0.851. The molecule has 1 aliphatic heterocycles. The smallest absolute Gasteiger partial charge is 0.132 e. The van der Waals surface area contributed by atoms with Crippen LogP contribution in [0.15, 0.2) is 18.2 Å². The SMILES string of the molecule is CN(CCN1CCCC1)Cc1cccc(CN)c1F. The van der Waals surface area contributed by atoms with Crippen LogP contribution in [0.25, 0.3) is 0 Å². The van der Waals surface area contributed by atoms with Crippen LogP contribution in [-0.2, 0) is 13.1 Å². The van der Waals surface area contributed by atoms with Crippen LogP contribution in [0, 0.1) is 5.82 Å². The fourth-order valence-electron chi connectivity index (χ4n) is 2.60. The Labute approximate surface area is 115 Å². The number of benzene rings is 1. The van der Waals surface area contributed by atoms with E-state index in [0.29, 0.717) is 12.1 Å². The lowest BCUT2D eigenvalue weighted by Gasteiger charge is -2.21. The van der Waals surface area contributed by atoms with Crippen LogP contribution in [0.4, 0.5) is 4.39 Å². The van der Waals surface area contributed by atoms with E-state index in [9.17, 15) is 4.39 Å². The average Bonchev–Trinajstić information content (AvgIpc) is 2.92. The Bertz CT molecular complexity index is 402. The summed E-state index contributed by atoms with van der Waals surface area (Å²) in [7, 11) is 2.05. The molecule has 1 fully saturated rings. The van der Waals surface area contributed by atoms with Gasteiger partial charge in [0.2, 0.25) is 0 Å². The fraction of sp³-hybridized carbons (Fsp3) is 0.600. The van der Waals surface area contributed by atoms with Gasteiger partial charge in [-0.2, -0.15) is 0 Å². The Balaban J connectivity index is 1.85. The van der Waals surface area contributed by atoms with Gasteiger partial charge in [-0.15, -0.1) is 0 Å². The molecule has 0 atom stereocenters. The van der Waals surface area contributed by atoms with Crippen LogP contribution in [0.3, 0.4) is 0 Å². The summed E-state index contributed by atoms with van der Waals surface area (Å²) in [4.78, 5) is 4.65. The molecular weight excluding hydrogens is 241 g/mol. The molecule has 1 saturated heterocycles. The van der Waals surface area contributed by atoms with Crippen molar-refractivity contribution in [1.29, 1.82) is 0 Å². The minimum Gasteiger partial charge on any atom is -0.326 e. The summed E-state index contributed by atoms with van der Waals surface area (Å²) in [6.07, 6.45) is 2.63. The summed E-state index contributed by atoms with van der Waals surface area (Å²) < 4.78 is 14.1. The first-order chi connectivity index (χ1) is 9.20. The number of hydrogen-bond acceptors (Lipinski definition) is 3. The topological polar surface area (TPSA) is 32.5 Å². The lowest BCUT2D eigenvalue weighted by Crippen LogP contribution is -2.31. The highest BCUT2D eigenvalue weighted by molar-refractivity contribution is 5.25. The molecule has 0 bridgehead atoms. The third-order valence-electron chi connectivity index (χ3n) is 3.82. The largest absolute Gasteiger partial charge is 0.326 e. The molecule has 1 heterocycles. The Morgan fingerprint density at radius 1 is 1.26 bits per heavy atom. The van der Waals surface area contributed by atoms with E-state index in [-0.39, 0.29) is 12.4 Å². The zero-order valence-electron chi connectivity index (χ0n) is 11.7. The predicted molar refractivity (Wildman–Crippen MR) is 76.3 cm³/mol. The van der Waals surface area contributed by atoms with Gasteiger partial charge in [-0.3, -0.25) is 0 Å². The Kier molecular flexibility index (Phi) is 5.31. The van der Waals surface area contributed by atoms with Gasteiger partial charge in [0.05, 0.1) is 0 Å². The Morgan fingerprint density at radius 2 is 1.95 bits per heavy atom. The molecule has 0 aliphatic carbocycles. The second-order valence-corrected chi connectivity index (χ2v) is 5.38. The van der Waals surface area contributed by atoms with E-state index in [4.69, 9.17) is 5.73 Å². The molecule has 0 amide bonds. The summed E-state index contributed by atoms with van der Waals surface area (Å²) in [5.41, 5.74) is 6.88. The van der Waals surface area contributed by atoms with E-state index in [1.54, 1.807) is 6.07 Å². The van der Waals surface area contributed by atoms with Crippen LogP contribution >= 0.6 is 0 Å². The lowest BCUT2D eigenvalue weighted by atomic mass is 10.1. The molecule has 0 aromatic heterocycles. The van der Waals surface area contributed by atoms with Crippen molar-refractivity contribution in [2.75, 3.05) is 33.2 Å². The van der Waals surface area contributed by atoms with Gasteiger partial charge < -0.3 is 15.5 Å². The van der Waals surface area contributed by atoms with E-state index in [2.05, 4.69) is 9.80 Å². The molecule has 0 spiro atoms. The highest BCUT2D eigenvalue weighted by Crippen LogP contribution is 2.14. The van der Waals surface area contributed by atoms with E-state index in [1.807, 2.05) is 19.2 Å². The van der Waals surface area contributed by atoms with Crippen molar-refractivity contribution in [3.8, 4) is 0 Å². The standard InChI is InChI=1S/C15H24FN3/c1-18(9-10-19-7-2-3-8-19)12-14-6-4-5-13(11-17)15(14)16/h4-6H,2-3,7-12,17H2,1H3. The maximum absolute atomic E-state index is 14.1. The van der Waals surface area contributed by atoms with Gasteiger partial charge in [-0.05, 0) is 33.0 Å². The van der Waals surface area contributed by atoms with Crippen LogP contribution in [0.2, 0.25) is 0 Å². The molecule has 1 aromatic carbocycles. The molecule has 106 valence electrons. The van der Waals surface area contributed by atoms with Crippen LogP contribution in [-0.4, -0.2) is 43.0 Å². The van der Waals surface area contributed by atoms with Gasteiger partial charge in [0.25, 0.3) is 0 Å². The summed E-state index contributed by atoms with van der Waals surface area (Å²) in [6, 6.07) is 5.48. The van der Waals surface area contributed by atoms with Gasteiger partial charge in [0.15, 0.2) is 0 Å². The van der Waals surface area contributed by atoms with Gasteiger partial charge in [0.1, 0.15) is 5.82 Å². The summed E-state index contributed by atoms with van der Waals surface area (Å²) in [5.74, 6) is -0.141. The molecule has 4 heteroatoms. The number of hydrogen-bond donors (Lipinski definition) is 1. The van der Waals surface area contributed by atoms with Gasteiger partial charge in [0, 0.05) is 37.3 Å². The normalized spacial score (nSPS) is 16.4. The first kappa shape index (κ1) is 14.4. The van der Waals surface area contributed by atoms with E-state index >= 15 is 0 Å². The molecule has 1 aliphatic rings. The van der Waals surface area contributed by atoms with E-state index < -0.39 is 0 Å². The molecule has 0 radical (unpaired) electrons. The number of halogens is 1. The third kappa shape index (κ3) is 4.00. The average molecular weight is 265 g/mol. The molecule has 2 rings (SSSR count). The highest BCUT2D eigenvalue weighted by atomic mass is 19.1. The summed E-state index contributed by atoms with van der Waals surface area (Å²) >= 11 is 0. The van der Waals surface area contributed by atoms with Crippen molar-refractivity contribution >= 4 is 0 Å². The number of rotatable bonds is 6. The second-order valence-electron chi connectivity index (χ2n) is 5.38. The van der Waals surface area contributed by atoms with Gasteiger partial charge >= 0.3 is 0 Å². The van der Waals surface area contributed by atoms with E-state index in [0.717, 1.165) is 18.7 Å². The summed E-state index contributed by atoms with van der Waals surface area (Å²) in [6.45, 7) is 5.39. The minimum absolute atomic E-state index is 0.141. The molecule has 3 nitrogen and oxygen atoms in total. The first-order valence-electron chi connectivity index (χ1n) is 7.08. The van der Waals surface area contributed by atoms with Gasteiger partial charge in [-0.25, -0.2) is 4.39 Å². The molecule has 2 N–H and O–H groups in total. The van der Waals surface area contributed by atoms with Gasteiger partial charge in [-0.1, -0.05) is 18.2 Å². The van der Waals surface area contributed by atoms with E-state index in [1.165, 1.54) is 25.9 Å². The molecular formula is C15H24FN3. The number of likely N-dealkylation sites (N-methyl/N-ethyl adjacent to an activating group) is 1. The first-order valence-corrected chi connectivity index (χ1v) is 7.08. The van der Waals surface area contributed by atoms with Crippen molar-refractivity contribution < 1.29 is 4.39 Å². The number of likely N-dealkylation sites (tertiary alicyclic amines) is 1. The zero-order valence-corrected chi connectivity index (χ0v) is 11.7. The predicted octanol–water partition coefficient (Wildman–Crippen LogP) is 1.81. The van der Waals surface area contributed by atoms with Crippen molar-refractivity contribution in [2.45, 2.75) is 25.9 Å². The molecule has 1 aromatic rings. The van der Waals surface area contributed by atoms with Crippen LogP contribution in [0.5, 0.6) is 0 Å². The minimum atomic E-state index is -0.141. The fourth-order valence-corrected chi connectivity index (χ4v) is 2.60. The Morgan fingerprint density at radius 3 is 2.63 bits per heavy atom. The van der Waals surface area contributed by atoms with Crippen molar-refractivity contribution in [3.05, 3.63) is 35.1 Å². The van der Waals surface area contributed by atoms with Crippen molar-refractivity contribution in [3.63, 3.8) is 0 Å². The van der Waals surface area contributed by atoms with Crippen LogP contribution in [0.1, 0.15) is 24.0 Å². The molecule has 0 saturated carbocycles. The molecule has 19 heavy (non-hydrogen) atoms. The Hall–Kier alpha value is -0.970.